The van der Waals surface area contributed by atoms with Gasteiger partial charge in [0.05, 0.1) is 0 Å². The van der Waals surface area contributed by atoms with Gasteiger partial charge in [0.25, 0.3) is 0 Å². The van der Waals surface area contributed by atoms with Crippen molar-refractivity contribution in [3.05, 3.63) is 58.9 Å². The average Bonchev–Trinajstić information content (AvgIpc) is 3.18. The van der Waals surface area contributed by atoms with E-state index in [2.05, 4.69) is 6.58 Å². The van der Waals surface area contributed by atoms with Gasteiger partial charge in [-0.1, -0.05) is 6.58 Å². The highest BCUT2D eigenvalue weighted by Gasteiger charge is 1.96. The van der Waals surface area contributed by atoms with Gasteiger partial charge in [-0.2, -0.15) is 0 Å². The van der Waals surface area contributed by atoms with Crippen molar-refractivity contribution in [2.45, 2.75) is 6.61 Å². The van der Waals surface area contributed by atoms with Gasteiger partial charge in [-0.15, -0.1) is 0 Å². The first-order chi connectivity index (χ1) is 9.73. The van der Waals surface area contributed by atoms with Crippen molar-refractivity contribution in [3.8, 4) is 0 Å². The van der Waals surface area contributed by atoms with E-state index in [1.54, 1.807) is 24.3 Å². The van der Waals surface area contributed by atoms with Crippen molar-refractivity contribution < 1.29 is 28.5 Å². The van der Waals surface area contributed by atoms with Crippen LogP contribution in [0.4, 0.5) is 0 Å². The summed E-state index contributed by atoms with van der Waals surface area (Å²) in [4.78, 5) is 33.0. The minimum absolute atomic E-state index is 0.159. The lowest BCUT2D eigenvalue weighted by Gasteiger charge is -1.82. The molecule has 2 heterocycles. The number of rotatable bonds is 4. The lowest BCUT2D eigenvalue weighted by atomic mass is 10.4. The molecular formula is C13H13O7+. The van der Waals surface area contributed by atoms with Gasteiger partial charge in [0.15, 0.2) is 24.1 Å². The zero-order valence-corrected chi connectivity index (χ0v) is 10.4. The molecule has 0 saturated carbocycles. The van der Waals surface area contributed by atoms with Crippen molar-refractivity contribution in [2.24, 2.45) is 0 Å². The molecule has 0 aromatic carbocycles. The van der Waals surface area contributed by atoms with Gasteiger partial charge in [-0.3, -0.25) is 9.59 Å². The monoisotopic (exact) mass is 281 g/mol. The third-order valence-corrected chi connectivity index (χ3v) is 1.92. The highest BCUT2D eigenvalue weighted by atomic mass is 16.7. The summed E-state index contributed by atoms with van der Waals surface area (Å²) in [6.45, 7) is 3.31. The quantitative estimate of drug-likeness (QED) is 0.677. The van der Waals surface area contributed by atoms with Gasteiger partial charge in [0.1, 0.15) is 18.1 Å². The van der Waals surface area contributed by atoms with Crippen LogP contribution >= 0.6 is 0 Å². The number of carbonyl (C=O) groups excluding carboxylic acids is 2. The van der Waals surface area contributed by atoms with Gasteiger partial charge in [0.2, 0.25) is 4.96 Å². The number of furan rings is 2. The second kappa shape index (κ2) is 10.2. The standard InChI is InChI=1S/C7H6O2.C6H6O3.O2/c1-2-6-3-4-7(5-8)9-6;7-3-5-1-2-6(4-8)9-5;1-2/h2-5H,1H2;1-3,8H,4H2;/p+1. The summed E-state index contributed by atoms with van der Waals surface area (Å²) in [5.41, 5.74) is 0. The predicted molar refractivity (Wildman–Crippen MR) is 69.5 cm³/mol. The molecule has 0 aliphatic rings. The Hall–Kier alpha value is -2.80. The zero-order chi connectivity index (χ0) is 15.4. The summed E-state index contributed by atoms with van der Waals surface area (Å²) in [6, 6.07) is 6.36. The Morgan fingerprint density at radius 3 is 1.80 bits per heavy atom. The molecule has 2 N–H and O–H groups in total. The Morgan fingerprint density at radius 1 is 1.00 bits per heavy atom. The van der Waals surface area contributed by atoms with Crippen LogP contribution in [-0.2, 0) is 6.61 Å². The molecule has 0 saturated heterocycles. The molecule has 106 valence electrons. The Kier molecular flexibility index (Phi) is 8.73. The summed E-state index contributed by atoms with van der Waals surface area (Å²) in [6.07, 6.45) is 2.80. The summed E-state index contributed by atoms with van der Waals surface area (Å²) < 4.78 is 9.66. The normalized spacial score (nSPS) is 8.45. The number of aliphatic hydroxyl groups is 1. The Morgan fingerprint density at radius 2 is 1.50 bits per heavy atom. The molecule has 0 bridgehead atoms. The largest absolute Gasteiger partial charge is 0.456 e. The van der Waals surface area contributed by atoms with Crippen molar-refractivity contribution >= 4 is 18.6 Å². The number of aldehydes is 2. The SMILES string of the molecule is C=Cc1ccc(C=O)o1.O=Cc1ccc(CO)o1.O=[OH+]. The van der Waals surface area contributed by atoms with E-state index in [1.807, 2.05) is 0 Å². The Labute approximate surface area is 113 Å². The molecule has 0 unspecified atom stereocenters. The molecule has 0 radical (unpaired) electrons. The maximum atomic E-state index is 10.0. The van der Waals surface area contributed by atoms with Crippen molar-refractivity contribution in [1.82, 2.24) is 0 Å². The summed E-state index contributed by atoms with van der Waals surface area (Å²) in [5, 5.41) is 8.44. The van der Waals surface area contributed by atoms with Crippen LogP contribution in [0.3, 0.4) is 0 Å². The number of hydrogen-bond donors (Lipinski definition) is 1. The van der Waals surface area contributed by atoms with Crippen molar-refractivity contribution in [2.75, 3.05) is 0 Å². The molecule has 7 nitrogen and oxygen atoms in total. The first kappa shape index (κ1) is 17.2. The fourth-order valence-corrected chi connectivity index (χ4v) is 1.08. The molecule has 2 rings (SSSR count). The molecule has 0 aliphatic carbocycles. The molecule has 20 heavy (non-hydrogen) atoms. The van der Waals surface area contributed by atoms with Crippen LogP contribution in [0.1, 0.15) is 32.6 Å². The van der Waals surface area contributed by atoms with E-state index in [0.717, 1.165) is 0 Å². The fourth-order valence-electron chi connectivity index (χ4n) is 1.08. The van der Waals surface area contributed by atoms with E-state index in [0.29, 0.717) is 29.9 Å². The van der Waals surface area contributed by atoms with Crippen LogP contribution in [0.2, 0.25) is 0 Å². The van der Waals surface area contributed by atoms with E-state index in [4.69, 9.17) is 23.9 Å². The highest BCUT2D eigenvalue weighted by molar-refractivity contribution is 5.71. The molecule has 2 aromatic heterocycles. The maximum Gasteiger partial charge on any atom is 0.202 e. The summed E-state index contributed by atoms with van der Waals surface area (Å²) in [5.74, 6) is 1.62. The third-order valence-electron chi connectivity index (χ3n) is 1.92. The van der Waals surface area contributed by atoms with Gasteiger partial charge >= 0.3 is 0 Å². The fraction of sp³-hybridized carbons (Fsp3) is 0.0769. The van der Waals surface area contributed by atoms with Crippen LogP contribution < -0.4 is 0 Å². The van der Waals surface area contributed by atoms with Crippen molar-refractivity contribution in [3.63, 3.8) is 0 Å². The lowest BCUT2D eigenvalue weighted by molar-refractivity contribution is 0.109. The van der Waals surface area contributed by atoms with Crippen LogP contribution in [0.15, 0.2) is 39.7 Å². The first-order valence-electron chi connectivity index (χ1n) is 5.24. The number of aliphatic hydroxyl groups excluding tert-OH is 1. The van der Waals surface area contributed by atoms with Crippen LogP contribution in [0, 0.1) is 4.96 Å². The van der Waals surface area contributed by atoms with E-state index in [-0.39, 0.29) is 12.4 Å². The topological polar surface area (TPSA) is 119 Å². The van der Waals surface area contributed by atoms with Crippen LogP contribution in [-0.4, -0.2) is 22.6 Å². The van der Waals surface area contributed by atoms with E-state index in [9.17, 15) is 9.59 Å². The summed E-state index contributed by atoms with van der Waals surface area (Å²) >= 11 is 0. The second-order valence-electron chi connectivity index (χ2n) is 3.14. The van der Waals surface area contributed by atoms with E-state index >= 15 is 0 Å². The maximum absolute atomic E-state index is 10.0. The minimum Gasteiger partial charge on any atom is -0.456 e. The van der Waals surface area contributed by atoms with E-state index < -0.39 is 0 Å². The number of hydrogen-bond acceptors (Lipinski definition) is 6. The molecule has 0 atom stereocenters. The summed E-state index contributed by atoms with van der Waals surface area (Å²) in [7, 11) is 0. The van der Waals surface area contributed by atoms with Gasteiger partial charge < -0.3 is 13.9 Å². The number of carbonyl (C=O) groups is 2. The van der Waals surface area contributed by atoms with E-state index in [1.165, 1.54) is 6.07 Å². The molecule has 0 spiro atoms. The first-order valence-corrected chi connectivity index (χ1v) is 5.24. The average molecular weight is 281 g/mol. The van der Waals surface area contributed by atoms with Crippen LogP contribution in [0.25, 0.3) is 6.08 Å². The van der Waals surface area contributed by atoms with Gasteiger partial charge in [0, 0.05) is 4.96 Å². The second-order valence-corrected chi connectivity index (χ2v) is 3.14. The highest BCUT2D eigenvalue weighted by Crippen LogP contribution is 2.05. The Balaban J connectivity index is 0.000000321. The zero-order valence-electron chi connectivity index (χ0n) is 10.4. The predicted octanol–water partition coefficient (Wildman–Crippen LogP) is 2.18. The molecule has 0 aliphatic heterocycles. The molecule has 0 amide bonds. The molecule has 0 fully saturated rings. The Bertz CT molecular complexity index is 516. The molecule has 7 heteroatoms. The molecular weight excluding hydrogens is 268 g/mol. The van der Waals surface area contributed by atoms with Gasteiger partial charge in [-0.25, -0.2) is 0 Å². The van der Waals surface area contributed by atoms with Crippen LogP contribution in [0.5, 0.6) is 0 Å². The van der Waals surface area contributed by atoms with Gasteiger partial charge in [-0.05, 0) is 30.3 Å². The minimum atomic E-state index is -0.159. The third kappa shape index (κ3) is 5.69. The smallest absolute Gasteiger partial charge is 0.202 e. The molecule has 2 aromatic rings. The van der Waals surface area contributed by atoms with Crippen molar-refractivity contribution in [1.29, 1.82) is 0 Å². The lowest BCUT2D eigenvalue weighted by Crippen LogP contribution is -1.74.